The van der Waals surface area contributed by atoms with Gasteiger partial charge < -0.3 is 4.74 Å². The number of ether oxygens (including phenoxy) is 1. The van der Waals surface area contributed by atoms with Gasteiger partial charge in [0, 0.05) is 0 Å². The topological polar surface area (TPSA) is 35.0 Å². The average Bonchev–Trinajstić information content (AvgIpc) is 2.38. The van der Waals surface area contributed by atoms with Gasteiger partial charge in [-0.25, -0.2) is 9.97 Å². The van der Waals surface area contributed by atoms with Crippen molar-refractivity contribution in [3.05, 3.63) is 48.2 Å². The van der Waals surface area contributed by atoms with E-state index in [0.29, 0.717) is 11.7 Å². The van der Waals surface area contributed by atoms with Gasteiger partial charge >= 0.3 is 0 Å². The molecule has 0 aliphatic carbocycles. The summed E-state index contributed by atoms with van der Waals surface area (Å²) < 4.78 is 18.6. The molecule has 1 aromatic heterocycles. The summed E-state index contributed by atoms with van der Waals surface area (Å²) in [6.45, 7) is 4.24. The Morgan fingerprint density at radius 3 is 2.78 bits per heavy atom. The lowest BCUT2D eigenvalue weighted by atomic mass is 9.98. The Morgan fingerprint density at radius 2 is 2.06 bits per heavy atom. The molecular formula is C14H15FN2O. The van der Waals surface area contributed by atoms with Crippen LogP contribution in [0.2, 0.25) is 0 Å². The first-order valence-corrected chi connectivity index (χ1v) is 5.95. The van der Waals surface area contributed by atoms with Gasteiger partial charge in [0.2, 0.25) is 11.8 Å². The molecule has 0 saturated heterocycles. The molecule has 0 N–H and O–H groups in total. The molecule has 0 bridgehead atoms. The van der Waals surface area contributed by atoms with Gasteiger partial charge in [-0.05, 0) is 24.0 Å². The minimum atomic E-state index is -0.596. The Balaban J connectivity index is 2.29. The maximum atomic E-state index is 13.0. The van der Waals surface area contributed by atoms with E-state index >= 15 is 0 Å². The van der Waals surface area contributed by atoms with Crippen molar-refractivity contribution in [2.75, 3.05) is 0 Å². The van der Waals surface area contributed by atoms with E-state index in [1.165, 1.54) is 6.07 Å². The van der Waals surface area contributed by atoms with E-state index in [0.717, 1.165) is 18.3 Å². The van der Waals surface area contributed by atoms with Gasteiger partial charge in [0.05, 0.1) is 6.07 Å². The third-order valence-electron chi connectivity index (χ3n) is 2.89. The second kappa shape index (κ2) is 5.58. The zero-order chi connectivity index (χ0) is 13.0. The summed E-state index contributed by atoms with van der Waals surface area (Å²) in [7, 11) is 0. The van der Waals surface area contributed by atoms with Crippen LogP contribution in [-0.4, -0.2) is 9.97 Å². The largest absolute Gasteiger partial charge is 0.439 e. The minimum Gasteiger partial charge on any atom is -0.439 e. The summed E-state index contributed by atoms with van der Waals surface area (Å²) in [5.41, 5.74) is 1.10. The van der Waals surface area contributed by atoms with Gasteiger partial charge in [0.15, 0.2) is 0 Å². The lowest BCUT2D eigenvalue weighted by Crippen LogP contribution is -1.97. The Kier molecular flexibility index (Phi) is 3.87. The quantitative estimate of drug-likeness (QED) is 0.767. The van der Waals surface area contributed by atoms with Crippen LogP contribution in [0.15, 0.2) is 36.7 Å². The molecule has 0 aliphatic heterocycles. The van der Waals surface area contributed by atoms with Gasteiger partial charge in [-0.1, -0.05) is 32.0 Å². The Labute approximate surface area is 106 Å². The minimum absolute atomic E-state index is 0.221. The number of aromatic nitrogens is 2. The predicted octanol–water partition coefficient (Wildman–Crippen LogP) is 3.92. The van der Waals surface area contributed by atoms with E-state index in [9.17, 15) is 4.39 Å². The number of para-hydroxylation sites is 1. The molecule has 0 aliphatic rings. The van der Waals surface area contributed by atoms with Crippen LogP contribution in [0.5, 0.6) is 11.6 Å². The normalized spacial score (nSPS) is 12.2. The highest BCUT2D eigenvalue weighted by Crippen LogP contribution is 2.31. The van der Waals surface area contributed by atoms with Crippen LogP contribution < -0.4 is 4.74 Å². The van der Waals surface area contributed by atoms with Crippen molar-refractivity contribution in [3.63, 3.8) is 0 Å². The predicted molar refractivity (Wildman–Crippen MR) is 67.2 cm³/mol. The summed E-state index contributed by atoms with van der Waals surface area (Å²) in [6, 6.07) is 8.91. The summed E-state index contributed by atoms with van der Waals surface area (Å²) >= 11 is 0. The molecule has 1 atom stereocenters. The molecule has 3 nitrogen and oxygen atoms in total. The molecule has 18 heavy (non-hydrogen) atoms. The third kappa shape index (κ3) is 2.83. The maximum absolute atomic E-state index is 13.0. The van der Waals surface area contributed by atoms with Crippen molar-refractivity contribution in [2.24, 2.45) is 0 Å². The smallest absolute Gasteiger partial charge is 0.225 e. The van der Waals surface area contributed by atoms with E-state index in [1.807, 2.05) is 24.3 Å². The molecule has 0 spiro atoms. The van der Waals surface area contributed by atoms with Crippen molar-refractivity contribution in [2.45, 2.75) is 26.2 Å². The van der Waals surface area contributed by atoms with E-state index in [4.69, 9.17) is 4.74 Å². The molecule has 1 unspecified atom stereocenters. The molecule has 1 aromatic carbocycles. The van der Waals surface area contributed by atoms with Crippen molar-refractivity contribution in [1.82, 2.24) is 9.97 Å². The molecule has 2 aromatic rings. The number of hydrogen-bond donors (Lipinski definition) is 0. The van der Waals surface area contributed by atoms with Gasteiger partial charge in [-0.2, -0.15) is 4.39 Å². The third-order valence-corrected chi connectivity index (χ3v) is 2.89. The average molecular weight is 246 g/mol. The Morgan fingerprint density at radius 1 is 1.28 bits per heavy atom. The first kappa shape index (κ1) is 12.5. The molecular weight excluding hydrogens is 231 g/mol. The summed E-state index contributed by atoms with van der Waals surface area (Å²) in [4.78, 5) is 7.29. The molecule has 0 fully saturated rings. The number of benzene rings is 1. The van der Waals surface area contributed by atoms with Crippen molar-refractivity contribution in [3.8, 4) is 11.6 Å². The standard InChI is InChI=1S/C14H15FN2O/c1-3-10(2)11-6-4-5-7-12(11)18-14-8-13(15)16-9-17-14/h4-10H,3H2,1-2H3. The second-order valence-electron chi connectivity index (χ2n) is 4.13. The number of nitrogens with zero attached hydrogens (tertiary/aromatic N) is 2. The van der Waals surface area contributed by atoms with E-state index in [-0.39, 0.29) is 5.88 Å². The number of hydrogen-bond acceptors (Lipinski definition) is 3. The van der Waals surface area contributed by atoms with Crippen LogP contribution in [0.3, 0.4) is 0 Å². The van der Waals surface area contributed by atoms with Gasteiger partial charge in [0.25, 0.3) is 0 Å². The summed E-state index contributed by atoms with van der Waals surface area (Å²) in [5.74, 6) is 0.720. The first-order chi connectivity index (χ1) is 8.70. The zero-order valence-corrected chi connectivity index (χ0v) is 10.4. The van der Waals surface area contributed by atoms with Crippen LogP contribution in [-0.2, 0) is 0 Å². The highest BCUT2D eigenvalue weighted by Gasteiger charge is 2.11. The fraction of sp³-hybridized carbons (Fsp3) is 0.286. The van der Waals surface area contributed by atoms with Crippen LogP contribution in [0, 0.1) is 5.95 Å². The highest BCUT2D eigenvalue weighted by atomic mass is 19.1. The highest BCUT2D eigenvalue weighted by molar-refractivity contribution is 5.38. The zero-order valence-electron chi connectivity index (χ0n) is 10.4. The first-order valence-electron chi connectivity index (χ1n) is 5.95. The van der Waals surface area contributed by atoms with E-state index < -0.39 is 5.95 Å². The van der Waals surface area contributed by atoms with Crippen molar-refractivity contribution in [1.29, 1.82) is 0 Å². The SMILES string of the molecule is CCC(C)c1ccccc1Oc1cc(F)ncn1. The van der Waals surface area contributed by atoms with E-state index in [2.05, 4.69) is 23.8 Å². The molecule has 1 heterocycles. The molecule has 0 saturated carbocycles. The Hall–Kier alpha value is -1.97. The maximum Gasteiger partial charge on any atom is 0.225 e. The van der Waals surface area contributed by atoms with E-state index in [1.54, 1.807) is 0 Å². The van der Waals surface area contributed by atoms with Crippen LogP contribution in [0.25, 0.3) is 0 Å². The van der Waals surface area contributed by atoms with Crippen molar-refractivity contribution >= 4 is 0 Å². The molecule has 2 rings (SSSR count). The van der Waals surface area contributed by atoms with Crippen LogP contribution in [0.1, 0.15) is 31.7 Å². The fourth-order valence-corrected chi connectivity index (χ4v) is 1.69. The molecule has 94 valence electrons. The lowest BCUT2D eigenvalue weighted by Gasteiger charge is -2.14. The molecule has 4 heteroatoms. The molecule has 0 radical (unpaired) electrons. The summed E-state index contributed by atoms with van der Waals surface area (Å²) in [6.07, 6.45) is 2.16. The van der Waals surface area contributed by atoms with Gasteiger partial charge in [-0.15, -0.1) is 0 Å². The van der Waals surface area contributed by atoms with Gasteiger partial charge in [-0.3, -0.25) is 0 Å². The second-order valence-corrected chi connectivity index (χ2v) is 4.13. The number of halogens is 1. The Bertz CT molecular complexity index is 531. The monoisotopic (exact) mass is 246 g/mol. The molecule has 0 amide bonds. The summed E-state index contributed by atoms with van der Waals surface area (Å²) in [5, 5.41) is 0. The van der Waals surface area contributed by atoms with Crippen molar-refractivity contribution < 1.29 is 9.13 Å². The fourth-order valence-electron chi connectivity index (χ4n) is 1.69. The van der Waals surface area contributed by atoms with Crippen LogP contribution >= 0.6 is 0 Å². The number of rotatable bonds is 4. The lowest BCUT2D eigenvalue weighted by molar-refractivity contribution is 0.441. The van der Waals surface area contributed by atoms with Gasteiger partial charge in [0.1, 0.15) is 12.1 Å². The van der Waals surface area contributed by atoms with Crippen LogP contribution in [0.4, 0.5) is 4.39 Å².